The molecule has 0 aromatic heterocycles. The predicted molar refractivity (Wildman–Crippen MR) is 148 cm³/mol. The van der Waals surface area contributed by atoms with Gasteiger partial charge in [-0.3, -0.25) is 0 Å². The van der Waals surface area contributed by atoms with Gasteiger partial charge in [0.15, 0.2) is 5.71 Å². The minimum Gasteiger partial charge on any atom is -0.364 e. The Morgan fingerprint density at radius 3 is 2.27 bits per heavy atom. The highest BCUT2D eigenvalue weighted by Crippen LogP contribution is 2.42. The number of aryl methyl sites for hydroxylation is 1. The summed E-state index contributed by atoms with van der Waals surface area (Å²) >= 11 is 0. The number of anilines is 1. The molecule has 1 aliphatic carbocycles. The predicted octanol–water partition coefficient (Wildman–Crippen LogP) is 5.65. The Morgan fingerprint density at radius 2 is 1.64 bits per heavy atom. The molecule has 0 bridgehead atoms. The molecule has 0 N–H and O–H groups in total. The van der Waals surface area contributed by atoms with Crippen LogP contribution in [-0.4, -0.2) is 45.5 Å². The number of benzene rings is 2. The van der Waals surface area contributed by atoms with Gasteiger partial charge in [0.05, 0.1) is 0 Å². The lowest BCUT2D eigenvalue weighted by Crippen LogP contribution is -2.50. The van der Waals surface area contributed by atoms with E-state index >= 15 is 0 Å². The maximum atomic E-state index is 3.97. The molecule has 0 amide bonds. The zero-order chi connectivity index (χ0) is 23.8. The number of rotatable bonds is 6. The average molecular weight is 452 g/mol. The van der Waals surface area contributed by atoms with Crippen molar-refractivity contribution in [3.8, 4) is 0 Å². The Bertz CT molecular complexity index is 1240. The van der Waals surface area contributed by atoms with Gasteiger partial charge in [0.25, 0.3) is 0 Å². The van der Waals surface area contributed by atoms with Crippen molar-refractivity contribution in [2.75, 3.05) is 32.1 Å². The Morgan fingerprint density at radius 1 is 0.939 bits per heavy atom. The van der Waals surface area contributed by atoms with E-state index in [0.29, 0.717) is 0 Å². The van der Waals surface area contributed by atoms with Crippen molar-refractivity contribution < 1.29 is 4.58 Å². The van der Waals surface area contributed by atoms with Crippen molar-refractivity contribution in [3.05, 3.63) is 113 Å². The molecular weight excluding hydrogens is 416 g/mol. The standard InChI is InChI=1S/C30H35N2Si/c1-8-18-32(19-9-2)24-15-17-27-29(21-24)33(6,7)28-20-23(31(4)5)14-16-26(28)30(27)25-13-11-10-12-22(25)3/h8-17,20-21H,1-2,18-19H2,3-7H3/q+1. The van der Waals surface area contributed by atoms with Gasteiger partial charge in [-0.2, -0.15) is 0 Å². The Labute approximate surface area is 200 Å². The van der Waals surface area contributed by atoms with Crippen molar-refractivity contribution in [1.82, 2.24) is 0 Å². The van der Waals surface area contributed by atoms with Crippen LogP contribution in [0.5, 0.6) is 0 Å². The zero-order valence-electron chi connectivity index (χ0n) is 20.7. The van der Waals surface area contributed by atoms with Crippen LogP contribution in [0.1, 0.15) is 16.7 Å². The summed E-state index contributed by atoms with van der Waals surface area (Å²) in [6.07, 6.45) is 11.0. The molecule has 0 fully saturated rings. The fourth-order valence-electron chi connectivity index (χ4n) is 5.04. The molecule has 0 spiro atoms. The third-order valence-corrected chi connectivity index (χ3v) is 10.4. The normalized spacial score (nSPS) is 16.0. The largest absolute Gasteiger partial charge is 0.364 e. The molecular formula is C30H35N2Si+. The van der Waals surface area contributed by atoms with Crippen molar-refractivity contribution in [2.24, 2.45) is 0 Å². The summed E-state index contributed by atoms with van der Waals surface area (Å²) in [5.74, 6) is 0. The summed E-state index contributed by atoms with van der Waals surface area (Å²) in [6, 6.07) is 15.8. The molecule has 33 heavy (non-hydrogen) atoms. The third-order valence-electron chi connectivity index (χ3n) is 6.89. The Kier molecular flexibility index (Phi) is 6.27. The van der Waals surface area contributed by atoms with Crippen molar-refractivity contribution >= 4 is 30.2 Å². The number of nitrogens with zero attached hydrogens (tertiary/aromatic N) is 2. The highest BCUT2D eigenvalue weighted by Gasteiger charge is 2.40. The van der Waals surface area contributed by atoms with Crippen LogP contribution in [0.15, 0.2) is 96.8 Å². The second-order valence-electron chi connectivity index (χ2n) is 9.65. The van der Waals surface area contributed by atoms with E-state index in [0.717, 1.165) is 13.1 Å². The van der Waals surface area contributed by atoms with Gasteiger partial charge in [0.2, 0.25) is 0 Å². The number of hydrogen-bond acceptors (Lipinski definition) is 1. The van der Waals surface area contributed by atoms with Gasteiger partial charge in [0, 0.05) is 30.9 Å². The molecule has 0 saturated carbocycles. The quantitative estimate of drug-likeness (QED) is 0.312. The summed E-state index contributed by atoms with van der Waals surface area (Å²) in [6.45, 7) is 16.8. The first-order valence-electron chi connectivity index (χ1n) is 11.7. The van der Waals surface area contributed by atoms with Gasteiger partial charge >= 0.3 is 0 Å². The lowest BCUT2D eigenvalue weighted by molar-refractivity contribution is -0.462. The first kappa shape index (κ1) is 23.0. The van der Waals surface area contributed by atoms with E-state index in [1.165, 1.54) is 49.6 Å². The first-order chi connectivity index (χ1) is 15.8. The van der Waals surface area contributed by atoms with Gasteiger partial charge in [-0.05, 0) is 63.4 Å². The van der Waals surface area contributed by atoms with Gasteiger partial charge in [0.1, 0.15) is 22.2 Å². The minimum absolute atomic E-state index is 0.808. The number of fused-ring (bicyclic) bond motifs is 2. The minimum atomic E-state index is -1.95. The monoisotopic (exact) mass is 451 g/mol. The zero-order valence-corrected chi connectivity index (χ0v) is 21.7. The Balaban J connectivity index is 2.04. The van der Waals surface area contributed by atoms with Crippen LogP contribution < -0.4 is 10.1 Å². The van der Waals surface area contributed by atoms with E-state index in [1.54, 1.807) is 0 Å². The van der Waals surface area contributed by atoms with Crippen LogP contribution in [0.4, 0.5) is 5.69 Å². The molecule has 2 aromatic rings. The van der Waals surface area contributed by atoms with E-state index in [2.05, 4.69) is 117 Å². The second-order valence-corrected chi connectivity index (χ2v) is 14.0. The molecule has 0 saturated heterocycles. The van der Waals surface area contributed by atoms with Crippen LogP contribution in [0, 0.1) is 6.92 Å². The third kappa shape index (κ3) is 4.02. The summed E-state index contributed by atoms with van der Waals surface area (Å²) in [5, 5.41) is 3.01. The SMILES string of the molecule is C=CCN(CC=C)c1ccc2c(c1)[Si](C)(C)C1=CC(=[N+](C)C)C=CC1=C2c1ccccc1C. The van der Waals surface area contributed by atoms with Gasteiger partial charge in [-0.15, -0.1) is 13.2 Å². The van der Waals surface area contributed by atoms with Crippen LogP contribution >= 0.6 is 0 Å². The first-order valence-corrected chi connectivity index (χ1v) is 14.7. The van der Waals surface area contributed by atoms with E-state index < -0.39 is 8.07 Å². The summed E-state index contributed by atoms with van der Waals surface area (Å²) < 4.78 is 2.21. The van der Waals surface area contributed by atoms with E-state index in [1.807, 2.05) is 12.2 Å². The molecule has 0 radical (unpaired) electrons. The fraction of sp³-hybridized carbons (Fsp3) is 0.233. The van der Waals surface area contributed by atoms with E-state index in [-0.39, 0.29) is 0 Å². The fourth-order valence-corrected chi connectivity index (χ4v) is 8.11. The molecule has 1 heterocycles. The summed E-state index contributed by atoms with van der Waals surface area (Å²) in [4.78, 5) is 2.34. The molecule has 0 unspecified atom stereocenters. The second kappa shape index (κ2) is 8.99. The van der Waals surface area contributed by atoms with Crippen molar-refractivity contribution in [3.63, 3.8) is 0 Å². The summed E-state index contributed by atoms with van der Waals surface area (Å²) in [5.41, 5.74) is 9.27. The molecule has 168 valence electrons. The molecule has 4 rings (SSSR count). The van der Waals surface area contributed by atoms with Gasteiger partial charge < -0.3 is 4.90 Å². The van der Waals surface area contributed by atoms with Crippen LogP contribution in [0.2, 0.25) is 13.1 Å². The maximum Gasteiger partial charge on any atom is 0.199 e. The van der Waals surface area contributed by atoms with Gasteiger partial charge in [-0.25, -0.2) is 4.58 Å². The van der Waals surface area contributed by atoms with Crippen molar-refractivity contribution in [1.29, 1.82) is 0 Å². The smallest absolute Gasteiger partial charge is 0.199 e. The molecule has 1 aliphatic heterocycles. The molecule has 0 atom stereocenters. The number of allylic oxidation sites excluding steroid dienone is 5. The summed E-state index contributed by atoms with van der Waals surface area (Å²) in [7, 11) is 2.30. The topological polar surface area (TPSA) is 6.25 Å². The lowest BCUT2D eigenvalue weighted by Gasteiger charge is -2.38. The van der Waals surface area contributed by atoms with Crippen LogP contribution in [0.25, 0.3) is 5.57 Å². The molecule has 2 nitrogen and oxygen atoms in total. The molecule has 2 aromatic carbocycles. The van der Waals surface area contributed by atoms with Crippen LogP contribution in [0.3, 0.4) is 0 Å². The van der Waals surface area contributed by atoms with E-state index in [9.17, 15) is 0 Å². The van der Waals surface area contributed by atoms with Gasteiger partial charge in [-0.1, -0.05) is 55.6 Å². The Hall–Kier alpha value is -3.17. The van der Waals surface area contributed by atoms with Crippen molar-refractivity contribution in [2.45, 2.75) is 20.0 Å². The highest BCUT2D eigenvalue weighted by molar-refractivity contribution is 6.98. The molecule has 2 aliphatic rings. The molecule has 3 heteroatoms. The maximum absolute atomic E-state index is 3.97. The van der Waals surface area contributed by atoms with E-state index in [4.69, 9.17) is 0 Å². The average Bonchev–Trinajstić information content (AvgIpc) is 2.80. The van der Waals surface area contributed by atoms with Crippen LogP contribution in [-0.2, 0) is 0 Å². The highest BCUT2D eigenvalue weighted by atomic mass is 28.3. The number of hydrogen-bond donors (Lipinski definition) is 0. The lowest BCUT2D eigenvalue weighted by atomic mass is 9.87.